The molecule has 0 amide bonds. The van der Waals surface area contributed by atoms with Crippen molar-refractivity contribution in [3.63, 3.8) is 0 Å². The number of rotatable bonds is 2. The van der Waals surface area contributed by atoms with Gasteiger partial charge in [-0.3, -0.25) is 0 Å². The van der Waals surface area contributed by atoms with Crippen LogP contribution in [0.25, 0.3) is 11.4 Å². The molecule has 0 heterocycles. The van der Waals surface area contributed by atoms with Crippen molar-refractivity contribution >= 4 is 11.4 Å². The van der Waals surface area contributed by atoms with E-state index in [0.717, 1.165) is 5.56 Å². The molecule has 3 rings (SSSR count). The van der Waals surface area contributed by atoms with Crippen molar-refractivity contribution in [2.45, 2.75) is 58.3 Å². The predicted molar refractivity (Wildman–Crippen MR) is 102 cm³/mol. The van der Waals surface area contributed by atoms with Crippen LogP contribution >= 0.6 is 0 Å². The van der Waals surface area contributed by atoms with Crippen molar-refractivity contribution in [3.05, 3.63) is 70.8 Å². The second-order valence-electron chi connectivity index (χ2n) is 8.33. The first-order chi connectivity index (χ1) is 11.2. The standard InChI is InChI=1S/C23H27F/c1-16(21(24)17-9-7-6-8-10-17)18-11-12-19-20(15-18)23(4,5)14-13-22(19,2)3/h6-12,15H,13-14H2,1-5H3. The SMILES string of the molecule is CC(=C(F)c1ccccc1)c1ccc2c(c1)C(C)(C)CCC2(C)C. The van der Waals surface area contributed by atoms with Crippen molar-refractivity contribution in [3.8, 4) is 0 Å². The number of benzene rings is 2. The van der Waals surface area contributed by atoms with Gasteiger partial charge in [-0.25, -0.2) is 4.39 Å². The number of allylic oxidation sites excluding steroid dienone is 1. The summed E-state index contributed by atoms with van der Waals surface area (Å²) in [6, 6.07) is 15.8. The Balaban J connectivity index is 2.12. The van der Waals surface area contributed by atoms with Gasteiger partial charge in [-0.1, -0.05) is 76.2 Å². The lowest BCUT2D eigenvalue weighted by Gasteiger charge is -2.42. The van der Waals surface area contributed by atoms with Crippen LogP contribution in [0.15, 0.2) is 48.5 Å². The molecular formula is C23H27F. The van der Waals surface area contributed by atoms with Crippen LogP contribution in [-0.4, -0.2) is 0 Å². The first kappa shape index (κ1) is 17.0. The molecular weight excluding hydrogens is 295 g/mol. The highest BCUT2D eigenvalue weighted by atomic mass is 19.1. The minimum atomic E-state index is -0.136. The second kappa shape index (κ2) is 5.88. The van der Waals surface area contributed by atoms with E-state index in [1.165, 1.54) is 24.0 Å². The first-order valence-electron chi connectivity index (χ1n) is 8.79. The molecule has 1 aliphatic rings. The Kier molecular flexibility index (Phi) is 4.15. The van der Waals surface area contributed by atoms with Crippen molar-refractivity contribution in [2.75, 3.05) is 0 Å². The maximum Gasteiger partial charge on any atom is 0.133 e. The third-order valence-electron chi connectivity index (χ3n) is 5.64. The van der Waals surface area contributed by atoms with Gasteiger partial charge in [-0.2, -0.15) is 0 Å². The molecule has 0 spiro atoms. The average molecular weight is 322 g/mol. The van der Waals surface area contributed by atoms with Crippen LogP contribution in [0, 0.1) is 0 Å². The summed E-state index contributed by atoms with van der Waals surface area (Å²) in [6.45, 7) is 11.1. The number of halogens is 1. The maximum atomic E-state index is 14.9. The second-order valence-corrected chi connectivity index (χ2v) is 8.33. The van der Waals surface area contributed by atoms with Gasteiger partial charge in [-0.05, 0) is 52.9 Å². The van der Waals surface area contributed by atoms with Crippen LogP contribution in [0.1, 0.15) is 69.7 Å². The molecule has 0 fully saturated rings. The fourth-order valence-electron chi connectivity index (χ4n) is 3.75. The maximum absolute atomic E-state index is 14.9. The van der Waals surface area contributed by atoms with E-state index in [2.05, 4.69) is 45.9 Å². The first-order valence-corrected chi connectivity index (χ1v) is 8.79. The summed E-state index contributed by atoms with van der Waals surface area (Å²) in [5.41, 5.74) is 5.46. The van der Waals surface area contributed by atoms with Crippen molar-refractivity contribution in [1.29, 1.82) is 0 Å². The zero-order chi connectivity index (χ0) is 17.5. The lowest BCUT2D eigenvalue weighted by Crippen LogP contribution is -2.33. The van der Waals surface area contributed by atoms with Gasteiger partial charge in [0.1, 0.15) is 5.83 Å². The van der Waals surface area contributed by atoms with Gasteiger partial charge in [0.25, 0.3) is 0 Å². The molecule has 0 aromatic heterocycles. The summed E-state index contributed by atoms with van der Waals surface area (Å²) in [7, 11) is 0. The highest BCUT2D eigenvalue weighted by molar-refractivity contribution is 5.86. The monoisotopic (exact) mass is 322 g/mol. The summed E-state index contributed by atoms with van der Waals surface area (Å²) in [5.74, 6) is -0.136. The van der Waals surface area contributed by atoms with E-state index in [9.17, 15) is 4.39 Å². The van der Waals surface area contributed by atoms with E-state index in [0.29, 0.717) is 11.1 Å². The minimum absolute atomic E-state index is 0.136. The molecule has 1 heteroatoms. The molecule has 0 saturated carbocycles. The Morgan fingerprint density at radius 3 is 2.00 bits per heavy atom. The van der Waals surface area contributed by atoms with E-state index in [1.807, 2.05) is 37.3 Å². The smallest absolute Gasteiger partial charge is 0.133 e. The molecule has 126 valence electrons. The normalized spacial score (nSPS) is 19.4. The van der Waals surface area contributed by atoms with E-state index in [1.54, 1.807) is 0 Å². The largest absolute Gasteiger partial charge is 0.206 e. The van der Waals surface area contributed by atoms with Gasteiger partial charge in [0.15, 0.2) is 0 Å². The molecule has 0 unspecified atom stereocenters. The van der Waals surface area contributed by atoms with Gasteiger partial charge in [0.2, 0.25) is 0 Å². The zero-order valence-corrected chi connectivity index (χ0v) is 15.4. The van der Waals surface area contributed by atoms with Crippen LogP contribution in [0.5, 0.6) is 0 Å². The van der Waals surface area contributed by atoms with Crippen molar-refractivity contribution in [1.82, 2.24) is 0 Å². The average Bonchev–Trinajstić information content (AvgIpc) is 2.58. The third-order valence-corrected chi connectivity index (χ3v) is 5.64. The minimum Gasteiger partial charge on any atom is -0.206 e. The Labute approximate surface area is 145 Å². The molecule has 0 aliphatic heterocycles. The molecule has 0 bridgehead atoms. The molecule has 24 heavy (non-hydrogen) atoms. The Morgan fingerprint density at radius 2 is 1.38 bits per heavy atom. The molecule has 1 aliphatic carbocycles. The van der Waals surface area contributed by atoms with Crippen molar-refractivity contribution < 1.29 is 4.39 Å². The number of hydrogen-bond donors (Lipinski definition) is 0. The molecule has 0 saturated heterocycles. The Hall–Kier alpha value is -1.89. The van der Waals surface area contributed by atoms with Crippen LogP contribution in [0.3, 0.4) is 0 Å². The Morgan fingerprint density at radius 1 is 0.792 bits per heavy atom. The molecule has 0 atom stereocenters. The summed E-state index contributed by atoms with van der Waals surface area (Å²) in [5, 5.41) is 0. The zero-order valence-electron chi connectivity index (χ0n) is 15.4. The predicted octanol–water partition coefficient (Wildman–Crippen LogP) is 6.89. The topological polar surface area (TPSA) is 0 Å². The Bertz CT molecular complexity index is 779. The summed E-state index contributed by atoms with van der Waals surface area (Å²) < 4.78 is 14.9. The fourth-order valence-corrected chi connectivity index (χ4v) is 3.75. The molecule has 2 aromatic carbocycles. The van der Waals surface area contributed by atoms with E-state index in [4.69, 9.17) is 0 Å². The van der Waals surface area contributed by atoms with Gasteiger partial charge >= 0.3 is 0 Å². The van der Waals surface area contributed by atoms with E-state index in [-0.39, 0.29) is 16.7 Å². The van der Waals surface area contributed by atoms with Crippen LogP contribution in [-0.2, 0) is 10.8 Å². The highest BCUT2D eigenvalue weighted by Gasteiger charge is 2.37. The van der Waals surface area contributed by atoms with Gasteiger partial charge in [-0.15, -0.1) is 0 Å². The summed E-state index contributed by atoms with van der Waals surface area (Å²) >= 11 is 0. The van der Waals surface area contributed by atoms with Gasteiger partial charge < -0.3 is 0 Å². The summed E-state index contributed by atoms with van der Waals surface area (Å²) in [6.07, 6.45) is 2.36. The number of hydrogen-bond acceptors (Lipinski definition) is 0. The lowest BCUT2D eigenvalue weighted by atomic mass is 9.63. The quantitative estimate of drug-likeness (QED) is 0.528. The van der Waals surface area contributed by atoms with E-state index >= 15 is 0 Å². The van der Waals surface area contributed by atoms with Crippen molar-refractivity contribution in [2.24, 2.45) is 0 Å². The molecule has 0 nitrogen and oxygen atoms in total. The van der Waals surface area contributed by atoms with Gasteiger partial charge in [0, 0.05) is 5.56 Å². The fraction of sp³-hybridized carbons (Fsp3) is 0.391. The number of fused-ring (bicyclic) bond motifs is 1. The summed E-state index contributed by atoms with van der Waals surface area (Å²) in [4.78, 5) is 0. The van der Waals surface area contributed by atoms with Crippen LogP contribution in [0.2, 0.25) is 0 Å². The van der Waals surface area contributed by atoms with E-state index < -0.39 is 0 Å². The van der Waals surface area contributed by atoms with Crippen LogP contribution in [0.4, 0.5) is 4.39 Å². The lowest BCUT2D eigenvalue weighted by molar-refractivity contribution is 0.332. The molecule has 0 N–H and O–H groups in total. The van der Waals surface area contributed by atoms with Crippen LogP contribution < -0.4 is 0 Å². The molecule has 0 radical (unpaired) electrons. The molecule has 2 aromatic rings. The third kappa shape index (κ3) is 2.92. The van der Waals surface area contributed by atoms with Gasteiger partial charge in [0.05, 0.1) is 0 Å². The highest BCUT2D eigenvalue weighted by Crippen LogP contribution is 2.46.